The van der Waals surface area contributed by atoms with Crippen LogP contribution in [0.15, 0.2) is 18.3 Å². The summed E-state index contributed by atoms with van der Waals surface area (Å²) in [6, 6.07) is 4.27. The maximum absolute atomic E-state index is 5.56. The molecule has 5 nitrogen and oxygen atoms in total. The molecule has 0 bridgehead atoms. The second-order valence-corrected chi connectivity index (χ2v) is 4.52. The molecule has 0 radical (unpaired) electrons. The SMILES string of the molecule is CCNC(C)c1ccc(OCCCOCCOC)nc1. The highest BCUT2D eigenvalue weighted by Crippen LogP contribution is 2.14. The third-order valence-electron chi connectivity index (χ3n) is 2.88. The standard InChI is InChI=1S/C15H26N2O3/c1-4-16-13(2)14-6-7-15(17-12-14)20-9-5-8-19-11-10-18-3/h6-7,12-13,16H,4-5,8-11H2,1-3H3. The highest BCUT2D eigenvalue weighted by molar-refractivity contribution is 5.20. The van der Waals surface area contributed by atoms with Crippen LogP contribution in [0.2, 0.25) is 0 Å². The number of hydrogen-bond donors (Lipinski definition) is 1. The van der Waals surface area contributed by atoms with Crippen LogP contribution in [0.1, 0.15) is 31.9 Å². The second-order valence-electron chi connectivity index (χ2n) is 4.52. The molecule has 114 valence electrons. The van der Waals surface area contributed by atoms with Crippen molar-refractivity contribution in [2.45, 2.75) is 26.3 Å². The van der Waals surface area contributed by atoms with E-state index in [9.17, 15) is 0 Å². The maximum atomic E-state index is 5.56. The number of pyridine rings is 1. The van der Waals surface area contributed by atoms with Crippen molar-refractivity contribution >= 4 is 0 Å². The van der Waals surface area contributed by atoms with Crippen molar-refractivity contribution in [2.24, 2.45) is 0 Å². The third-order valence-corrected chi connectivity index (χ3v) is 2.88. The molecule has 1 aromatic rings. The summed E-state index contributed by atoms with van der Waals surface area (Å²) in [7, 11) is 1.67. The zero-order valence-corrected chi connectivity index (χ0v) is 12.7. The molecule has 0 fully saturated rings. The summed E-state index contributed by atoms with van der Waals surface area (Å²) in [6.45, 7) is 7.72. The molecule has 1 rings (SSSR count). The van der Waals surface area contributed by atoms with Gasteiger partial charge in [0.15, 0.2) is 0 Å². The number of ether oxygens (including phenoxy) is 3. The van der Waals surface area contributed by atoms with E-state index in [0.29, 0.717) is 38.3 Å². The number of aromatic nitrogens is 1. The Hall–Kier alpha value is -1.17. The third kappa shape index (κ3) is 6.84. The van der Waals surface area contributed by atoms with Gasteiger partial charge in [0.25, 0.3) is 0 Å². The molecule has 5 heteroatoms. The van der Waals surface area contributed by atoms with E-state index < -0.39 is 0 Å². The summed E-state index contributed by atoms with van der Waals surface area (Å²) in [5, 5.41) is 3.35. The van der Waals surface area contributed by atoms with Gasteiger partial charge in [-0.25, -0.2) is 4.98 Å². The van der Waals surface area contributed by atoms with Crippen molar-refractivity contribution in [1.82, 2.24) is 10.3 Å². The Morgan fingerprint density at radius 3 is 2.70 bits per heavy atom. The smallest absolute Gasteiger partial charge is 0.213 e. The molecule has 0 aliphatic rings. The van der Waals surface area contributed by atoms with Gasteiger partial charge in [-0.3, -0.25) is 0 Å². The van der Waals surface area contributed by atoms with E-state index in [1.54, 1.807) is 7.11 Å². The van der Waals surface area contributed by atoms with Gasteiger partial charge in [0.1, 0.15) is 0 Å². The van der Waals surface area contributed by atoms with Gasteiger partial charge in [0, 0.05) is 38.4 Å². The summed E-state index contributed by atoms with van der Waals surface area (Å²) in [5.74, 6) is 0.661. The van der Waals surface area contributed by atoms with Crippen LogP contribution < -0.4 is 10.1 Å². The van der Waals surface area contributed by atoms with E-state index in [1.807, 2.05) is 18.3 Å². The zero-order chi connectivity index (χ0) is 14.6. The van der Waals surface area contributed by atoms with Crippen LogP contribution in [0.3, 0.4) is 0 Å². The molecule has 0 aromatic carbocycles. The Balaban J connectivity index is 2.18. The fourth-order valence-corrected chi connectivity index (χ4v) is 1.74. The summed E-state index contributed by atoms with van der Waals surface area (Å²) in [6.07, 6.45) is 2.71. The number of nitrogens with zero attached hydrogens (tertiary/aromatic N) is 1. The average Bonchev–Trinajstić information content (AvgIpc) is 2.47. The Kier molecular flexibility index (Phi) is 8.95. The molecule has 0 saturated carbocycles. The second kappa shape index (κ2) is 10.6. The van der Waals surface area contributed by atoms with Crippen molar-refractivity contribution in [3.63, 3.8) is 0 Å². The van der Waals surface area contributed by atoms with E-state index in [2.05, 4.69) is 24.1 Å². The monoisotopic (exact) mass is 282 g/mol. The number of rotatable bonds is 11. The van der Waals surface area contributed by atoms with Gasteiger partial charge in [-0.05, 0) is 19.0 Å². The van der Waals surface area contributed by atoms with E-state index >= 15 is 0 Å². The van der Waals surface area contributed by atoms with Gasteiger partial charge in [-0.15, -0.1) is 0 Å². The quantitative estimate of drug-likeness (QED) is 0.630. The largest absolute Gasteiger partial charge is 0.478 e. The van der Waals surface area contributed by atoms with Crippen LogP contribution in [0.5, 0.6) is 5.88 Å². The van der Waals surface area contributed by atoms with Crippen LogP contribution in [-0.4, -0.2) is 45.1 Å². The number of hydrogen-bond acceptors (Lipinski definition) is 5. The van der Waals surface area contributed by atoms with Crippen LogP contribution in [0.25, 0.3) is 0 Å². The molecule has 0 amide bonds. The Morgan fingerprint density at radius 1 is 1.20 bits per heavy atom. The van der Waals surface area contributed by atoms with Crippen LogP contribution >= 0.6 is 0 Å². The van der Waals surface area contributed by atoms with Gasteiger partial charge in [-0.2, -0.15) is 0 Å². The van der Waals surface area contributed by atoms with Crippen molar-refractivity contribution < 1.29 is 14.2 Å². The van der Waals surface area contributed by atoms with Gasteiger partial charge < -0.3 is 19.5 Å². The lowest BCUT2D eigenvalue weighted by Gasteiger charge is -2.12. The van der Waals surface area contributed by atoms with E-state index in [-0.39, 0.29) is 0 Å². The topological polar surface area (TPSA) is 52.6 Å². The molecule has 1 aromatic heterocycles. The number of methoxy groups -OCH3 is 1. The first-order chi connectivity index (χ1) is 9.77. The molecule has 0 aliphatic heterocycles. The lowest BCUT2D eigenvalue weighted by molar-refractivity contribution is 0.0642. The lowest BCUT2D eigenvalue weighted by atomic mass is 10.1. The highest BCUT2D eigenvalue weighted by Gasteiger charge is 2.04. The molecular weight excluding hydrogens is 256 g/mol. The lowest BCUT2D eigenvalue weighted by Crippen LogP contribution is -2.17. The summed E-state index contributed by atoms with van der Waals surface area (Å²) in [5.41, 5.74) is 1.17. The average molecular weight is 282 g/mol. The van der Waals surface area contributed by atoms with Crippen LogP contribution in [0.4, 0.5) is 0 Å². The minimum Gasteiger partial charge on any atom is -0.478 e. The highest BCUT2D eigenvalue weighted by atomic mass is 16.5. The Morgan fingerprint density at radius 2 is 2.05 bits per heavy atom. The van der Waals surface area contributed by atoms with Crippen molar-refractivity contribution in [3.05, 3.63) is 23.9 Å². The molecule has 20 heavy (non-hydrogen) atoms. The fourth-order valence-electron chi connectivity index (χ4n) is 1.74. The first-order valence-corrected chi connectivity index (χ1v) is 7.16. The van der Waals surface area contributed by atoms with Crippen molar-refractivity contribution in [1.29, 1.82) is 0 Å². The van der Waals surface area contributed by atoms with Gasteiger partial charge >= 0.3 is 0 Å². The molecule has 0 aliphatic carbocycles. The minimum atomic E-state index is 0.315. The zero-order valence-electron chi connectivity index (χ0n) is 12.7. The van der Waals surface area contributed by atoms with Gasteiger partial charge in [-0.1, -0.05) is 13.0 Å². The van der Waals surface area contributed by atoms with Crippen molar-refractivity contribution in [3.8, 4) is 5.88 Å². The van der Waals surface area contributed by atoms with Gasteiger partial charge in [0.05, 0.1) is 19.8 Å². The summed E-state index contributed by atoms with van der Waals surface area (Å²) >= 11 is 0. The molecular formula is C15H26N2O3. The predicted molar refractivity (Wildman–Crippen MR) is 79.1 cm³/mol. The van der Waals surface area contributed by atoms with Crippen LogP contribution in [-0.2, 0) is 9.47 Å². The first kappa shape index (κ1) is 16.9. The Labute approximate surface area is 121 Å². The van der Waals surface area contributed by atoms with Crippen molar-refractivity contribution in [2.75, 3.05) is 40.1 Å². The predicted octanol–water partition coefficient (Wildman–Crippen LogP) is 2.18. The maximum Gasteiger partial charge on any atom is 0.213 e. The van der Waals surface area contributed by atoms with Gasteiger partial charge in [0.2, 0.25) is 5.88 Å². The first-order valence-electron chi connectivity index (χ1n) is 7.16. The molecule has 0 spiro atoms. The van der Waals surface area contributed by atoms with E-state index in [0.717, 1.165) is 13.0 Å². The van der Waals surface area contributed by atoms with Crippen LogP contribution in [0, 0.1) is 0 Å². The number of nitrogens with one attached hydrogen (secondary N) is 1. The summed E-state index contributed by atoms with van der Waals surface area (Å²) < 4.78 is 15.8. The molecule has 1 unspecified atom stereocenters. The molecule has 1 heterocycles. The Bertz CT molecular complexity index is 343. The normalized spacial score (nSPS) is 12.3. The van der Waals surface area contributed by atoms with E-state index in [1.165, 1.54) is 5.56 Å². The molecule has 1 atom stereocenters. The molecule has 0 saturated heterocycles. The fraction of sp³-hybridized carbons (Fsp3) is 0.667. The molecule has 1 N–H and O–H groups in total. The van der Waals surface area contributed by atoms with E-state index in [4.69, 9.17) is 14.2 Å². The minimum absolute atomic E-state index is 0.315. The summed E-state index contributed by atoms with van der Waals surface area (Å²) in [4.78, 5) is 4.31.